The summed E-state index contributed by atoms with van der Waals surface area (Å²) in [5.74, 6) is 0.635. The smallest absolute Gasteiger partial charge is 0.223 e. The Kier molecular flexibility index (Phi) is 3.82. The number of hydrogen-bond donors (Lipinski definition) is 0. The van der Waals surface area contributed by atoms with Gasteiger partial charge in [-0.3, -0.25) is 10.1 Å². The second-order valence-electron chi connectivity index (χ2n) is 3.45. The highest BCUT2D eigenvalue weighted by atomic mass is 32.2. The zero-order chi connectivity index (χ0) is 12.1. The summed E-state index contributed by atoms with van der Waals surface area (Å²) in [6.07, 6.45) is 1.54. The molecule has 17 heavy (non-hydrogen) atoms. The summed E-state index contributed by atoms with van der Waals surface area (Å²) >= 11 is 1.44. The van der Waals surface area contributed by atoms with E-state index in [-0.39, 0.29) is 16.7 Å². The van der Waals surface area contributed by atoms with Crippen LogP contribution in [0.2, 0.25) is 0 Å². The molecule has 2 aromatic rings. The van der Waals surface area contributed by atoms with Gasteiger partial charge in [-0.1, -0.05) is 18.2 Å². The van der Waals surface area contributed by atoms with E-state index in [0.717, 1.165) is 4.90 Å². The van der Waals surface area contributed by atoms with Crippen LogP contribution in [0, 0.1) is 10.1 Å². The molecule has 0 aliphatic rings. The predicted octanol–water partition coefficient (Wildman–Crippen LogP) is 3.39. The monoisotopic (exact) mass is 249 g/mol. The van der Waals surface area contributed by atoms with E-state index in [2.05, 4.69) is 0 Å². The normalized spacial score (nSPS) is 12.2. The molecule has 0 spiro atoms. The Morgan fingerprint density at radius 1 is 1.24 bits per heavy atom. The van der Waals surface area contributed by atoms with Gasteiger partial charge in [0.2, 0.25) is 6.54 Å². The number of nitrogens with zero attached hydrogens (tertiary/aromatic N) is 1. The largest absolute Gasteiger partial charge is 0.468 e. The Labute approximate surface area is 103 Å². The lowest BCUT2D eigenvalue weighted by Crippen LogP contribution is -2.08. The molecule has 2 rings (SSSR count). The van der Waals surface area contributed by atoms with Gasteiger partial charge in [-0.25, -0.2) is 0 Å². The van der Waals surface area contributed by atoms with Crippen LogP contribution in [0.4, 0.5) is 0 Å². The fourth-order valence-electron chi connectivity index (χ4n) is 1.46. The molecule has 1 aromatic heterocycles. The molecule has 0 aliphatic heterocycles. The summed E-state index contributed by atoms with van der Waals surface area (Å²) in [7, 11) is 0. The van der Waals surface area contributed by atoms with Gasteiger partial charge in [0.15, 0.2) is 0 Å². The molecule has 0 saturated heterocycles. The molecule has 0 N–H and O–H groups in total. The van der Waals surface area contributed by atoms with Crippen molar-refractivity contribution in [2.24, 2.45) is 0 Å². The molecule has 1 atom stereocenters. The highest BCUT2D eigenvalue weighted by Gasteiger charge is 2.21. The summed E-state index contributed by atoms with van der Waals surface area (Å²) in [6.45, 7) is -0.146. The Hall–Kier alpha value is -1.75. The first kappa shape index (κ1) is 11.7. The Balaban J connectivity index is 2.14. The Morgan fingerprint density at radius 2 is 2.00 bits per heavy atom. The molecule has 0 radical (unpaired) electrons. The number of nitro groups is 1. The molecule has 0 fully saturated rings. The first-order valence-corrected chi connectivity index (χ1v) is 6.00. The van der Waals surface area contributed by atoms with Gasteiger partial charge >= 0.3 is 0 Å². The maximum Gasteiger partial charge on any atom is 0.223 e. The van der Waals surface area contributed by atoms with Gasteiger partial charge in [0.1, 0.15) is 11.0 Å². The van der Waals surface area contributed by atoms with Crippen LogP contribution >= 0.6 is 11.8 Å². The van der Waals surface area contributed by atoms with Gasteiger partial charge < -0.3 is 4.42 Å². The molecule has 1 heterocycles. The van der Waals surface area contributed by atoms with Crippen molar-refractivity contribution in [3.8, 4) is 0 Å². The third-order valence-corrected chi connectivity index (χ3v) is 3.41. The van der Waals surface area contributed by atoms with E-state index in [0.29, 0.717) is 5.76 Å². The van der Waals surface area contributed by atoms with Gasteiger partial charge in [0.25, 0.3) is 0 Å². The molecule has 0 amide bonds. The minimum absolute atomic E-state index is 0.146. The third-order valence-electron chi connectivity index (χ3n) is 2.20. The van der Waals surface area contributed by atoms with Crippen molar-refractivity contribution in [1.29, 1.82) is 0 Å². The van der Waals surface area contributed by atoms with Gasteiger partial charge in [0.05, 0.1) is 6.26 Å². The Morgan fingerprint density at radius 3 is 2.59 bits per heavy atom. The summed E-state index contributed by atoms with van der Waals surface area (Å²) in [4.78, 5) is 11.3. The maximum absolute atomic E-state index is 10.6. The van der Waals surface area contributed by atoms with Crippen molar-refractivity contribution >= 4 is 11.8 Å². The standard InChI is InChI=1S/C12H11NO3S/c14-13(15)9-12(11-7-4-8-16-11)17-10-5-2-1-3-6-10/h1-8,12H,9H2. The van der Waals surface area contributed by atoms with Crippen LogP contribution in [-0.4, -0.2) is 11.5 Å². The lowest BCUT2D eigenvalue weighted by atomic mass is 10.3. The van der Waals surface area contributed by atoms with E-state index in [1.165, 1.54) is 18.0 Å². The maximum atomic E-state index is 10.6. The minimum atomic E-state index is -0.316. The summed E-state index contributed by atoms with van der Waals surface area (Å²) in [5, 5.41) is 10.4. The summed E-state index contributed by atoms with van der Waals surface area (Å²) < 4.78 is 5.24. The van der Waals surface area contributed by atoms with Gasteiger partial charge in [-0.05, 0) is 24.3 Å². The molecule has 88 valence electrons. The molecule has 1 unspecified atom stereocenters. The highest BCUT2D eigenvalue weighted by molar-refractivity contribution is 7.99. The molecular weight excluding hydrogens is 238 g/mol. The van der Waals surface area contributed by atoms with Crippen LogP contribution in [0.15, 0.2) is 58.0 Å². The molecule has 1 aromatic carbocycles. The third kappa shape index (κ3) is 3.35. The fraction of sp³-hybridized carbons (Fsp3) is 0.167. The van der Waals surface area contributed by atoms with Crippen LogP contribution in [0.3, 0.4) is 0 Å². The second kappa shape index (κ2) is 5.54. The van der Waals surface area contributed by atoms with Gasteiger partial charge in [0, 0.05) is 9.82 Å². The first-order chi connectivity index (χ1) is 8.25. The van der Waals surface area contributed by atoms with E-state index in [1.54, 1.807) is 12.1 Å². The number of hydrogen-bond acceptors (Lipinski definition) is 4. The highest BCUT2D eigenvalue weighted by Crippen LogP contribution is 2.35. The van der Waals surface area contributed by atoms with Crippen LogP contribution in [0.5, 0.6) is 0 Å². The van der Waals surface area contributed by atoms with Crippen molar-refractivity contribution in [1.82, 2.24) is 0 Å². The Bertz CT molecular complexity index is 470. The molecule has 0 saturated carbocycles. The van der Waals surface area contributed by atoms with E-state index < -0.39 is 0 Å². The zero-order valence-corrected chi connectivity index (χ0v) is 9.80. The predicted molar refractivity (Wildman–Crippen MR) is 65.6 cm³/mol. The topological polar surface area (TPSA) is 56.3 Å². The van der Waals surface area contributed by atoms with Crippen molar-refractivity contribution in [3.63, 3.8) is 0 Å². The lowest BCUT2D eigenvalue weighted by molar-refractivity contribution is -0.480. The molecular formula is C12H11NO3S. The van der Waals surface area contributed by atoms with E-state index in [9.17, 15) is 10.1 Å². The average molecular weight is 249 g/mol. The van der Waals surface area contributed by atoms with Gasteiger partial charge in [-0.15, -0.1) is 11.8 Å². The van der Waals surface area contributed by atoms with Crippen molar-refractivity contribution in [3.05, 3.63) is 64.6 Å². The van der Waals surface area contributed by atoms with Gasteiger partial charge in [-0.2, -0.15) is 0 Å². The van der Waals surface area contributed by atoms with Crippen molar-refractivity contribution in [2.75, 3.05) is 6.54 Å². The van der Waals surface area contributed by atoms with Crippen LogP contribution < -0.4 is 0 Å². The molecule has 5 heteroatoms. The van der Waals surface area contributed by atoms with Crippen molar-refractivity contribution < 1.29 is 9.34 Å². The number of thioether (sulfide) groups is 1. The van der Waals surface area contributed by atoms with Crippen LogP contribution in [-0.2, 0) is 0 Å². The fourth-order valence-corrected chi connectivity index (χ4v) is 2.55. The van der Waals surface area contributed by atoms with Crippen molar-refractivity contribution in [2.45, 2.75) is 10.1 Å². The lowest BCUT2D eigenvalue weighted by Gasteiger charge is -2.09. The summed E-state index contributed by atoms with van der Waals surface area (Å²) in [5.41, 5.74) is 0. The van der Waals surface area contributed by atoms with Crippen LogP contribution in [0.1, 0.15) is 11.0 Å². The van der Waals surface area contributed by atoms with E-state index in [1.807, 2.05) is 30.3 Å². The average Bonchev–Trinajstić information content (AvgIpc) is 2.82. The first-order valence-electron chi connectivity index (χ1n) is 5.12. The van der Waals surface area contributed by atoms with E-state index >= 15 is 0 Å². The number of rotatable bonds is 5. The quantitative estimate of drug-likeness (QED) is 0.463. The summed E-state index contributed by atoms with van der Waals surface area (Å²) in [6, 6.07) is 13.1. The zero-order valence-electron chi connectivity index (χ0n) is 8.98. The van der Waals surface area contributed by atoms with Crippen LogP contribution in [0.25, 0.3) is 0 Å². The second-order valence-corrected chi connectivity index (χ2v) is 4.73. The molecule has 0 bridgehead atoms. The number of benzene rings is 1. The molecule has 4 nitrogen and oxygen atoms in total. The SMILES string of the molecule is O=[N+]([O-])CC(Sc1ccccc1)c1ccco1. The van der Waals surface area contributed by atoms with E-state index in [4.69, 9.17) is 4.42 Å². The minimum Gasteiger partial charge on any atom is -0.468 e. The molecule has 0 aliphatic carbocycles. The number of furan rings is 1.